The van der Waals surface area contributed by atoms with E-state index in [0.717, 1.165) is 18.5 Å². The topological polar surface area (TPSA) is 85.0 Å². The zero-order chi connectivity index (χ0) is 18.8. The van der Waals surface area contributed by atoms with E-state index in [2.05, 4.69) is 20.2 Å². The van der Waals surface area contributed by atoms with Crippen LogP contribution in [0.4, 0.5) is 4.39 Å². The van der Waals surface area contributed by atoms with Crippen molar-refractivity contribution >= 4 is 5.91 Å². The van der Waals surface area contributed by atoms with Gasteiger partial charge in [-0.3, -0.25) is 4.79 Å². The molecule has 1 aliphatic heterocycles. The van der Waals surface area contributed by atoms with Gasteiger partial charge in [0.05, 0.1) is 17.2 Å². The third-order valence-electron chi connectivity index (χ3n) is 4.73. The maximum absolute atomic E-state index is 13.1. The van der Waals surface area contributed by atoms with E-state index in [4.69, 9.17) is 4.42 Å². The maximum atomic E-state index is 13.1. The fourth-order valence-electron chi connectivity index (χ4n) is 3.25. The van der Waals surface area contributed by atoms with Crippen LogP contribution in [-0.2, 0) is 0 Å². The van der Waals surface area contributed by atoms with E-state index in [-0.39, 0.29) is 17.6 Å². The van der Waals surface area contributed by atoms with Crippen LogP contribution in [0, 0.1) is 12.7 Å². The Hall–Kier alpha value is -3.16. The lowest BCUT2D eigenvalue weighted by Gasteiger charge is -2.31. The van der Waals surface area contributed by atoms with Gasteiger partial charge in [-0.25, -0.2) is 14.4 Å². The van der Waals surface area contributed by atoms with Crippen LogP contribution in [-0.4, -0.2) is 44.1 Å². The molecule has 1 unspecified atom stereocenters. The van der Waals surface area contributed by atoms with E-state index < -0.39 is 0 Å². The van der Waals surface area contributed by atoms with Gasteiger partial charge in [0, 0.05) is 24.8 Å². The zero-order valence-electron chi connectivity index (χ0n) is 14.8. The fraction of sp³-hybridized carbons (Fsp3) is 0.316. The summed E-state index contributed by atoms with van der Waals surface area (Å²) >= 11 is 0. The van der Waals surface area contributed by atoms with Gasteiger partial charge < -0.3 is 9.32 Å². The maximum Gasteiger partial charge on any atom is 0.253 e. The number of hydrogen-bond donors (Lipinski definition) is 0. The normalized spacial score (nSPS) is 17.1. The highest BCUT2D eigenvalue weighted by Gasteiger charge is 2.29. The van der Waals surface area contributed by atoms with Crippen LogP contribution < -0.4 is 0 Å². The van der Waals surface area contributed by atoms with Crippen molar-refractivity contribution in [2.24, 2.45) is 0 Å². The zero-order valence-corrected chi connectivity index (χ0v) is 14.8. The van der Waals surface area contributed by atoms with Gasteiger partial charge in [-0.2, -0.15) is 0 Å². The summed E-state index contributed by atoms with van der Waals surface area (Å²) in [5, 5.41) is 8.29. The summed E-state index contributed by atoms with van der Waals surface area (Å²) in [5.41, 5.74) is 1.93. The Morgan fingerprint density at radius 3 is 2.85 bits per heavy atom. The van der Waals surface area contributed by atoms with Crippen molar-refractivity contribution in [3.63, 3.8) is 0 Å². The van der Waals surface area contributed by atoms with E-state index >= 15 is 0 Å². The minimum Gasteiger partial charge on any atom is -0.420 e. The van der Waals surface area contributed by atoms with Gasteiger partial charge in [0.1, 0.15) is 12.1 Å². The quantitative estimate of drug-likeness (QED) is 0.707. The highest BCUT2D eigenvalue weighted by molar-refractivity contribution is 5.94. The lowest BCUT2D eigenvalue weighted by atomic mass is 9.97. The minimum absolute atomic E-state index is 0.0330. The first-order valence-corrected chi connectivity index (χ1v) is 8.77. The molecule has 1 atom stereocenters. The molecule has 1 amide bonds. The summed E-state index contributed by atoms with van der Waals surface area (Å²) in [7, 11) is 0. The SMILES string of the molecule is Cc1ncncc1-c1nnc(C2CCCN(C(=O)c3ccc(F)cc3)C2)o1. The molecule has 8 heteroatoms. The first kappa shape index (κ1) is 17.3. The molecule has 0 bridgehead atoms. The molecular formula is C19H18FN5O2. The third-order valence-corrected chi connectivity index (χ3v) is 4.73. The molecule has 0 aliphatic carbocycles. The first-order chi connectivity index (χ1) is 13.1. The van der Waals surface area contributed by atoms with Crippen LogP contribution >= 0.6 is 0 Å². The number of aromatic nitrogens is 4. The molecule has 1 saturated heterocycles. The molecule has 3 heterocycles. The van der Waals surface area contributed by atoms with Gasteiger partial charge in [0.15, 0.2) is 0 Å². The van der Waals surface area contributed by atoms with Crippen molar-refractivity contribution in [1.82, 2.24) is 25.1 Å². The molecular weight excluding hydrogens is 349 g/mol. The second-order valence-electron chi connectivity index (χ2n) is 6.56. The van der Waals surface area contributed by atoms with Crippen LogP contribution in [0.1, 0.15) is 40.7 Å². The molecule has 0 saturated carbocycles. The summed E-state index contributed by atoms with van der Waals surface area (Å²) in [5.74, 6) is 0.373. The van der Waals surface area contributed by atoms with Crippen molar-refractivity contribution in [2.75, 3.05) is 13.1 Å². The number of benzene rings is 1. The molecule has 7 nitrogen and oxygen atoms in total. The molecule has 4 rings (SSSR count). The number of nitrogens with zero attached hydrogens (tertiary/aromatic N) is 5. The lowest BCUT2D eigenvalue weighted by Crippen LogP contribution is -2.39. The summed E-state index contributed by atoms with van der Waals surface area (Å²) in [6, 6.07) is 5.60. The number of likely N-dealkylation sites (tertiary alicyclic amines) is 1. The number of rotatable bonds is 3. The highest BCUT2D eigenvalue weighted by atomic mass is 19.1. The van der Waals surface area contributed by atoms with Crippen LogP contribution in [0.15, 0.2) is 41.2 Å². The largest absolute Gasteiger partial charge is 0.420 e. The smallest absolute Gasteiger partial charge is 0.253 e. The van der Waals surface area contributed by atoms with E-state index in [1.165, 1.54) is 30.6 Å². The molecule has 1 aliphatic rings. The van der Waals surface area contributed by atoms with Gasteiger partial charge in [-0.1, -0.05) is 0 Å². The summed E-state index contributed by atoms with van der Waals surface area (Å²) < 4.78 is 18.9. The summed E-state index contributed by atoms with van der Waals surface area (Å²) in [6.07, 6.45) is 4.81. The van der Waals surface area contributed by atoms with Crippen LogP contribution in [0.5, 0.6) is 0 Å². The summed E-state index contributed by atoms with van der Waals surface area (Å²) in [4.78, 5) is 22.6. The number of carbonyl (C=O) groups is 1. The molecule has 3 aromatic rings. The molecule has 138 valence electrons. The van der Waals surface area contributed by atoms with Crippen molar-refractivity contribution in [2.45, 2.75) is 25.7 Å². The predicted molar refractivity (Wildman–Crippen MR) is 94.3 cm³/mol. The van der Waals surface area contributed by atoms with Crippen LogP contribution in [0.2, 0.25) is 0 Å². The van der Waals surface area contributed by atoms with Crippen molar-refractivity contribution in [1.29, 1.82) is 0 Å². The van der Waals surface area contributed by atoms with Gasteiger partial charge in [0.25, 0.3) is 11.8 Å². The Balaban J connectivity index is 1.51. The molecule has 1 aromatic carbocycles. The number of hydrogen-bond acceptors (Lipinski definition) is 6. The second-order valence-corrected chi connectivity index (χ2v) is 6.56. The number of carbonyl (C=O) groups excluding carboxylic acids is 1. The predicted octanol–water partition coefficient (Wildman–Crippen LogP) is 2.99. The number of amides is 1. The van der Waals surface area contributed by atoms with Gasteiger partial charge >= 0.3 is 0 Å². The molecule has 2 aromatic heterocycles. The Morgan fingerprint density at radius 1 is 1.26 bits per heavy atom. The van der Waals surface area contributed by atoms with E-state index in [9.17, 15) is 9.18 Å². The van der Waals surface area contributed by atoms with Gasteiger partial charge in [-0.05, 0) is 44.0 Å². The standard InChI is InChI=1S/C19H18FN5O2/c1-12-16(9-21-11-22-12)18-24-23-17(27-18)14-3-2-8-25(10-14)19(26)13-4-6-15(20)7-5-13/h4-7,9,11,14H,2-3,8,10H2,1H3. The number of piperidine rings is 1. The second kappa shape index (κ2) is 7.22. The fourth-order valence-corrected chi connectivity index (χ4v) is 3.25. The van der Waals surface area contributed by atoms with E-state index in [0.29, 0.717) is 36.0 Å². The number of aryl methyl sites for hydroxylation is 1. The minimum atomic E-state index is -0.360. The van der Waals surface area contributed by atoms with Crippen molar-refractivity contribution < 1.29 is 13.6 Å². The van der Waals surface area contributed by atoms with Gasteiger partial charge in [0.2, 0.25) is 5.89 Å². The lowest BCUT2D eigenvalue weighted by molar-refractivity contribution is 0.0698. The van der Waals surface area contributed by atoms with E-state index in [1.54, 1.807) is 11.1 Å². The Labute approximate surface area is 155 Å². The Bertz CT molecular complexity index is 957. The Kier molecular flexibility index (Phi) is 4.62. The average molecular weight is 367 g/mol. The van der Waals surface area contributed by atoms with E-state index in [1.807, 2.05) is 6.92 Å². The van der Waals surface area contributed by atoms with Crippen LogP contribution in [0.25, 0.3) is 11.5 Å². The molecule has 0 radical (unpaired) electrons. The third kappa shape index (κ3) is 3.55. The molecule has 27 heavy (non-hydrogen) atoms. The molecule has 1 fully saturated rings. The summed E-state index contributed by atoms with van der Waals surface area (Å²) in [6.45, 7) is 2.99. The van der Waals surface area contributed by atoms with Gasteiger partial charge in [-0.15, -0.1) is 10.2 Å². The van der Waals surface area contributed by atoms with Crippen molar-refractivity contribution in [3.8, 4) is 11.5 Å². The highest BCUT2D eigenvalue weighted by Crippen LogP contribution is 2.29. The van der Waals surface area contributed by atoms with Crippen molar-refractivity contribution in [3.05, 3.63) is 59.8 Å². The molecule has 0 N–H and O–H groups in total. The van der Waals surface area contributed by atoms with Crippen LogP contribution in [0.3, 0.4) is 0 Å². The Morgan fingerprint density at radius 2 is 2.07 bits per heavy atom. The number of halogens is 1. The molecule has 0 spiro atoms. The first-order valence-electron chi connectivity index (χ1n) is 8.77. The monoisotopic (exact) mass is 367 g/mol. The average Bonchev–Trinajstić information content (AvgIpc) is 3.18.